The normalized spacial score (nSPS) is 12.2. The quantitative estimate of drug-likeness (QED) is 0.873. The highest BCUT2D eigenvalue weighted by atomic mass is 35.5. The maximum atomic E-state index is 11.0. The number of halogens is 2. The van der Waals surface area contributed by atoms with Crippen molar-refractivity contribution in [2.24, 2.45) is 5.73 Å². The van der Waals surface area contributed by atoms with Crippen LogP contribution in [0.25, 0.3) is 0 Å². The van der Waals surface area contributed by atoms with Gasteiger partial charge in [-0.25, -0.2) is 0 Å². The summed E-state index contributed by atoms with van der Waals surface area (Å²) in [6.45, 7) is -0.0570. The summed E-state index contributed by atoms with van der Waals surface area (Å²) in [5, 5.41) is 9.57. The standard InChI is InChI=1S/C10H11Cl2NO3/c1-16-8-3-5(11)2-6(9(8)12)7(4-13)10(14)15/h2-3,7H,4,13H2,1H3,(H,14,15). The minimum Gasteiger partial charge on any atom is -0.495 e. The summed E-state index contributed by atoms with van der Waals surface area (Å²) in [6.07, 6.45) is 0. The molecule has 0 spiro atoms. The third-order valence-electron chi connectivity index (χ3n) is 2.16. The zero-order chi connectivity index (χ0) is 12.3. The SMILES string of the molecule is COc1cc(Cl)cc(C(CN)C(=O)O)c1Cl. The molecule has 0 saturated heterocycles. The zero-order valence-corrected chi connectivity index (χ0v) is 10.0. The number of carbonyl (C=O) groups is 1. The lowest BCUT2D eigenvalue weighted by molar-refractivity contribution is -0.138. The number of hydrogen-bond acceptors (Lipinski definition) is 3. The lowest BCUT2D eigenvalue weighted by Gasteiger charge is -2.14. The van der Waals surface area contributed by atoms with E-state index in [0.717, 1.165) is 0 Å². The fourth-order valence-corrected chi connectivity index (χ4v) is 1.88. The molecule has 1 atom stereocenters. The van der Waals surface area contributed by atoms with Gasteiger partial charge >= 0.3 is 5.97 Å². The van der Waals surface area contributed by atoms with E-state index < -0.39 is 11.9 Å². The van der Waals surface area contributed by atoms with Gasteiger partial charge in [0.15, 0.2) is 0 Å². The molecule has 4 nitrogen and oxygen atoms in total. The van der Waals surface area contributed by atoms with Crippen LogP contribution in [0.1, 0.15) is 11.5 Å². The molecule has 0 heterocycles. The molecule has 16 heavy (non-hydrogen) atoms. The summed E-state index contributed by atoms with van der Waals surface area (Å²) in [5.41, 5.74) is 5.75. The Balaban J connectivity index is 3.31. The Labute approximate surface area is 103 Å². The molecule has 1 aromatic rings. The Morgan fingerprint density at radius 2 is 2.19 bits per heavy atom. The summed E-state index contributed by atoms with van der Waals surface area (Å²) < 4.78 is 4.99. The summed E-state index contributed by atoms with van der Waals surface area (Å²) in [5.74, 6) is -1.60. The van der Waals surface area contributed by atoms with Gasteiger partial charge in [-0.2, -0.15) is 0 Å². The van der Waals surface area contributed by atoms with Gasteiger partial charge in [0.25, 0.3) is 0 Å². The van der Waals surface area contributed by atoms with Crippen LogP contribution in [0.5, 0.6) is 5.75 Å². The van der Waals surface area contributed by atoms with Gasteiger partial charge in [0.1, 0.15) is 5.75 Å². The summed E-state index contributed by atoms with van der Waals surface area (Å²) in [6, 6.07) is 3.00. The molecule has 0 radical (unpaired) electrons. The maximum Gasteiger partial charge on any atom is 0.312 e. The molecule has 0 saturated carbocycles. The monoisotopic (exact) mass is 263 g/mol. The first-order chi connectivity index (χ1) is 7.51. The van der Waals surface area contributed by atoms with Gasteiger partial charge in [0.05, 0.1) is 18.1 Å². The third kappa shape index (κ3) is 2.58. The highest BCUT2D eigenvalue weighted by Gasteiger charge is 2.23. The van der Waals surface area contributed by atoms with Crippen molar-refractivity contribution in [3.63, 3.8) is 0 Å². The predicted molar refractivity (Wildman–Crippen MR) is 62.4 cm³/mol. The smallest absolute Gasteiger partial charge is 0.312 e. The van der Waals surface area contributed by atoms with Gasteiger partial charge in [0, 0.05) is 17.6 Å². The third-order valence-corrected chi connectivity index (χ3v) is 2.78. The van der Waals surface area contributed by atoms with Crippen LogP contribution in [-0.2, 0) is 4.79 Å². The molecule has 1 rings (SSSR count). The summed E-state index contributed by atoms with van der Waals surface area (Å²) in [4.78, 5) is 11.0. The first-order valence-corrected chi connectivity index (χ1v) is 5.22. The molecule has 0 bridgehead atoms. The van der Waals surface area contributed by atoms with Gasteiger partial charge in [0.2, 0.25) is 0 Å². The van der Waals surface area contributed by atoms with Crippen molar-refractivity contribution >= 4 is 29.2 Å². The number of carboxylic acid groups (broad SMARTS) is 1. The zero-order valence-electron chi connectivity index (χ0n) is 8.54. The second-order valence-electron chi connectivity index (χ2n) is 3.14. The number of ether oxygens (including phenoxy) is 1. The lowest BCUT2D eigenvalue weighted by Crippen LogP contribution is -2.21. The first-order valence-electron chi connectivity index (χ1n) is 4.47. The molecular weight excluding hydrogens is 253 g/mol. The van der Waals surface area contributed by atoms with Crippen LogP contribution in [0.2, 0.25) is 10.0 Å². The van der Waals surface area contributed by atoms with Crippen LogP contribution >= 0.6 is 23.2 Å². The van der Waals surface area contributed by atoms with Crippen LogP contribution in [0.4, 0.5) is 0 Å². The fraction of sp³-hybridized carbons (Fsp3) is 0.300. The van der Waals surface area contributed by atoms with Crippen LogP contribution in [0.15, 0.2) is 12.1 Å². The molecule has 3 N–H and O–H groups in total. The highest BCUT2D eigenvalue weighted by Crippen LogP contribution is 2.35. The number of benzene rings is 1. The largest absolute Gasteiger partial charge is 0.495 e. The molecule has 0 amide bonds. The Hall–Kier alpha value is -0.970. The van der Waals surface area contributed by atoms with Gasteiger partial charge in [-0.1, -0.05) is 23.2 Å². The van der Waals surface area contributed by atoms with Crippen molar-refractivity contribution in [1.82, 2.24) is 0 Å². The van der Waals surface area contributed by atoms with Gasteiger partial charge in [-0.15, -0.1) is 0 Å². The molecule has 0 aromatic heterocycles. The number of carboxylic acids is 1. The number of rotatable bonds is 4. The van der Waals surface area contributed by atoms with E-state index in [9.17, 15) is 4.79 Å². The van der Waals surface area contributed by atoms with Crippen LogP contribution < -0.4 is 10.5 Å². The second-order valence-corrected chi connectivity index (χ2v) is 3.95. The van der Waals surface area contributed by atoms with Crippen molar-refractivity contribution in [3.05, 3.63) is 27.7 Å². The molecule has 1 aromatic carbocycles. The van der Waals surface area contributed by atoms with Crippen LogP contribution in [-0.4, -0.2) is 24.7 Å². The number of nitrogens with two attached hydrogens (primary N) is 1. The Kier molecular flexibility index (Phi) is 4.41. The van der Waals surface area contributed by atoms with Crippen molar-refractivity contribution in [2.75, 3.05) is 13.7 Å². The topological polar surface area (TPSA) is 72.5 Å². The van der Waals surface area contributed by atoms with Gasteiger partial charge in [-0.05, 0) is 11.6 Å². The highest BCUT2D eigenvalue weighted by molar-refractivity contribution is 6.35. The predicted octanol–water partition coefficient (Wildman–Crippen LogP) is 2.13. The second kappa shape index (κ2) is 5.39. The minimum atomic E-state index is -1.05. The van der Waals surface area contributed by atoms with Crippen molar-refractivity contribution in [3.8, 4) is 5.75 Å². The summed E-state index contributed by atoms with van der Waals surface area (Å²) in [7, 11) is 1.43. The minimum absolute atomic E-state index is 0.0570. The molecule has 0 fully saturated rings. The Bertz CT molecular complexity index is 409. The molecular formula is C10H11Cl2NO3. The average Bonchev–Trinajstić information content (AvgIpc) is 2.23. The van der Waals surface area contributed by atoms with E-state index >= 15 is 0 Å². The van der Waals surface area contributed by atoms with E-state index in [-0.39, 0.29) is 11.6 Å². The maximum absolute atomic E-state index is 11.0. The fourth-order valence-electron chi connectivity index (χ4n) is 1.35. The first kappa shape index (κ1) is 13.1. The molecule has 88 valence electrons. The molecule has 0 aliphatic heterocycles. The Morgan fingerprint density at radius 1 is 1.56 bits per heavy atom. The van der Waals surface area contributed by atoms with Crippen molar-refractivity contribution in [1.29, 1.82) is 0 Å². The van der Waals surface area contributed by atoms with Crippen molar-refractivity contribution < 1.29 is 14.6 Å². The van der Waals surface area contributed by atoms with Crippen LogP contribution in [0, 0.1) is 0 Å². The van der Waals surface area contributed by atoms with E-state index in [1.54, 1.807) is 0 Å². The van der Waals surface area contributed by atoms with E-state index in [4.69, 9.17) is 38.8 Å². The lowest BCUT2D eigenvalue weighted by atomic mass is 9.99. The van der Waals surface area contributed by atoms with Gasteiger partial charge < -0.3 is 15.6 Å². The average molecular weight is 264 g/mol. The van der Waals surface area contributed by atoms with E-state index in [1.807, 2.05) is 0 Å². The summed E-state index contributed by atoms with van der Waals surface area (Å²) >= 11 is 11.8. The molecule has 6 heteroatoms. The van der Waals surface area contributed by atoms with Crippen molar-refractivity contribution in [2.45, 2.75) is 5.92 Å². The Morgan fingerprint density at radius 3 is 2.62 bits per heavy atom. The number of aliphatic carboxylic acids is 1. The van der Waals surface area contributed by atoms with Gasteiger partial charge in [-0.3, -0.25) is 4.79 Å². The van der Waals surface area contributed by atoms with E-state index in [2.05, 4.69) is 0 Å². The van der Waals surface area contributed by atoms with E-state index in [0.29, 0.717) is 16.3 Å². The van der Waals surface area contributed by atoms with E-state index in [1.165, 1.54) is 19.2 Å². The molecule has 0 aliphatic carbocycles. The van der Waals surface area contributed by atoms with Crippen LogP contribution in [0.3, 0.4) is 0 Å². The molecule has 1 unspecified atom stereocenters. The number of methoxy groups -OCH3 is 1. The number of hydrogen-bond donors (Lipinski definition) is 2. The molecule has 0 aliphatic rings.